The van der Waals surface area contributed by atoms with Crippen molar-refractivity contribution in [3.8, 4) is 0 Å². The molecule has 0 bridgehead atoms. The highest BCUT2D eigenvalue weighted by Crippen LogP contribution is 2.17. The van der Waals surface area contributed by atoms with Gasteiger partial charge in [0.1, 0.15) is 0 Å². The lowest BCUT2D eigenvalue weighted by Gasteiger charge is -2.28. The minimum atomic E-state index is 1.06. The molecule has 0 spiro atoms. The minimum absolute atomic E-state index is 1.06. The van der Waals surface area contributed by atoms with Gasteiger partial charge in [0, 0.05) is 44.5 Å². The summed E-state index contributed by atoms with van der Waals surface area (Å²) in [6.45, 7) is 6.51. The van der Waals surface area contributed by atoms with E-state index in [1.807, 2.05) is 13.2 Å². The van der Waals surface area contributed by atoms with Crippen molar-refractivity contribution in [2.45, 2.75) is 19.9 Å². The summed E-state index contributed by atoms with van der Waals surface area (Å²) in [6.07, 6.45) is 3.07. The van der Waals surface area contributed by atoms with Gasteiger partial charge >= 0.3 is 0 Å². The van der Waals surface area contributed by atoms with Crippen LogP contribution in [0.15, 0.2) is 12.3 Å². The molecule has 1 aromatic heterocycles. The van der Waals surface area contributed by atoms with Crippen LogP contribution in [0.5, 0.6) is 0 Å². The van der Waals surface area contributed by atoms with E-state index in [4.69, 9.17) is 0 Å². The van der Waals surface area contributed by atoms with Gasteiger partial charge in [-0.1, -0.05) is 6.07 Å². The predicted molar refractivity (Wildman–Crippen MR) is 61.9 cm³/mol. The van der Waals surface area contributed by atoms with Crippen molar-refractivity contribution in [1.82, 2.24) is 15.2 Å². The first kappa shape index (κ1) is 10.6. The molecule has 1 aromatic rings. The van der Waals surface area contributed by atoms with Crippen LogP contribution in [0.1, 0.15) is 16.8 Å². The highest BCUT2D eigenvalue weighted by molar-refractivity contribution is 5.26. The summed E-state index contributed by atoms with van der Waals surface area (Å²) in [7, 11) is 2.00. The van der Waals surface area contributed by atoms with Gasteiger partial charge in [-0.3, -0.25) is 9.88 Å². The number of hydrogen-bond donors (Lipinski definition) is 1. The van der Waals surface area contributed by atoms with Crippen LogP contribution in [-0.4, -0.2) is 36.6 Å². The molecule has 3 heteroatoms. The van der Waals surface area contributed by atoms with E-state index in [1.165, 1.54) is 16.8 Å². The van der Waals surface area contributed by atoms with Crippen molar-refractivity contribution in [1.29, 1.82) is 0 Å². The average Bonchev–Trinajstić information content (AvgIpc) is 2.25. The molecule has 2 heterocycles. The molecule has 0 saturated heterocycles. The molecule has 82 valence electrons. The van der Waals surface area contributed by atoms with Crippen LogP contribution in [0.25, 0.3) is 0 Å². The smallest absolute Gasteiger partial charge is 0.0461 e. The fourth-order valence-corrected chi connectivity index (χ4v) is 2.06. The fourth-order valence-electron chi connectivity index (χ4n) is 2.06. The summed E-state index contributed by atoms with van der Waals surface area (Å²) in [5, 5.41) is 3.19. The molecule has 1 N–H and O–H groups in total. The fraction of sp³-hybridized carbons (Fsp3) is 0.583. The number of hydrogen-bond acceptors (Lipinski definition) is 3. The Bertz CT molecular complexity index is 336. The number of pyridine rings is 1. The second-order valence-electron chi connectivity index (χ2n) is 4.25. The molecule has 3 nitrogen and oxygen atoms in total. The summed E-state index contributed by atoms with van der Waals surface area (Å²) >= 11 is 0. The van der Waals surface area contributed by atoms with E-state index in [9.17, 15) is 0 Å². The third kappa shape index (κ3) is 2.55. The number of likely N-dealkylation sites (N-methyl/N-ethyl adjacent to an activating group) is 1. The second kappa shape index (κ2) is 4.73. The van der Waals surface area contributed by atoms with Crippen LogP contribution >= 0.6 is 0 Å². The highest BCUT2D eigenvalue weighted by Gasteiger charge is 2.16. The largest absolute Gasteiger partial charge is 0.318 e. The van der Waals surface area contributed by atoms with Crippen molar-refractivity contribution in [3.05, 3.63) is 29.1 Å². The first-order chi connectivity index (χ1) is 7.29. The van der Waals surface area contributed by atoms with Crippen LogP contribution in [0, 0.1) is 6.92 Å². The number of nitrogens with one attached hydrogen (secondary N) is 1. The third-order valence-corrected chi connectivity index (χ3v) is 2.93. The molecule has 15 heavy (non-hydrogen) atoms. The normalized spacial score (nSPS) is 16.4. The van der Waals surface area contributed by atoms with E-state index in [2.05, 4.69) is 28.2 Å². The molecule has 2 rings (SSSR count). The first-order valence-electron chi connectivity index (χ1n) is 5.61. The van der Waals surface area contributed by atoms with E-state index in [1.54, 1.807) is 0 Å². The van der Waals surface area contributed by atoms with Crippen LogP contribution in [0.4, 0.5) is 0 Å². The Labute approximate surface area is 91.5 Å². The Morgan fingerprint density at radius 3 is 3.20 bits per heavy atom. The quantitative estimate of drug-likeness (QED) is 0.797. The van der Waals surface area contributed by atoms with Crippen molar-refractivity contribution in [2.75, 3.05) is 26.7 Å². The van der Waals surface area contributed by atoms with Gasteiger partial charge in [-0.25, -0.2) is 0 Å². The molecule has 0 saturated carbocycles. The zero-order chi connectivity index (χ0) is 10.7. The maximum atomic E-state index is 4.49. The zero-order valence-corrected chi connectivity index (χ0v) is 9.58. The Balaban J connectivity index is 2.05. The molecular formula is C12H19N3. The second-order valence-corrected chi connectivity index (χ2v) is 4.25. The van der Waals surface area contributed by atoms with Crippen molar-refractivity contribution < 1.29 is 0 Å². The molecule has 0 aliphatic carbocycles. The van der Waals surface area contributed by atoms with Gasteiger partial charge in [-0.05, 0) is 25.1 Å². The van der Waals surface area contributed by atoms with Gasteiger partial charge in [-0.15, -0.1) is 0 Å². The molecule has 0 unspecified atom stereocenters. The van der Waals surface area contributed by atoms with E-state index in [0.717, 1.165) is 32.6 Å². The lowest BCUT2D eigenvalue weighted by atomic mass is 10.0. The molecule has 1 aliphatic heterocycles. The Hall–Kier alpha value is -0.930. The lowest BCUT2D eigenvalue weighted by Crippen LogP contribution is -2.35. The average molecular weight is 205 g/mol. The van der Waals surface area contributed by atoms with Crippen molar-refractivity contribution in [3.63, 3.8) is 0 Å². The Kier molecular flexibility index (Phi) is 3.34. The standard InChI is InChI=1S/C12H19N3/c1-10-7-11-9-15(6-4-13-2)5-3-12(11)14-8-10/h7-8,13H,3-6,9H2,1-2H3. The van der Waals surface area contributed by atoms with Gasteiger partial charge < -0.3 is 5.32 Å². The maximum absolute atomic E-state index is 4.49. The van der Waals surface area contributed by atoms with E-state index >= 15 is 0 Å². The zero-order valence-electron chi connectivity index (χ0n) is 9.58. The molecule has 0 atom stereocenters. The first-order valence-corrected chi connectivity index (χ1v) is 5.61. The van der Waals surface area contributed by atoms with E-state index in [0.29, 0.717) is 0 Å². The summed E-state index contributed by atoms with van der Waals surface area (Å²) < 4.78 is 0. The third-order valence-electron chi connectivity index (χ3n) is 2.93. The molecule has 0 amide bonds. The van der Waals surface area contributed by atoms with Gasteiger partial charge in [0.05, 0.1) is 0 Å². The van der Waals surface area contributed by atoms with Gasteiger partial charge in [0.2, 0.25) is 0 Å². The number of aromatic nitrogens is 1. The monoisotopic (exact) mass is 205 g/mol. The molecular weight excluding hydrogens is 186 g/mol. The highest BCUT2D eigenvalue weighted by atomic mass is 15.1. The summed E-state index contributed by atoms with van der Waals surface area (Å²) in [4.78, 5) is 6.98. The predicted octanol–water partition coefficient (Wildman–Crippen LogP) is 0.968. The van der Waals surface area contributed by atoms with Gasteiger partial charge in [0.25, 0.3) is 0 Å². The van der Waals surface area contributed by atoms with E-state index in [-0.39, 0.29) is 0 Å². The number of rotatable bonds is 3. The summed E-state index contributed by atoms with van der Waals surface area (Å²) in [5.41, 5.74) is 3.97. The molecule has 1 aliphatic rings. The van der Waals surface area contributed by atoms with E-state index < -0.39 is 0 Å². The Morgan fingerprint density at radius 2 is 2.40 bits per heavy atom. The number of fused-ring (bicyclic) bond motifs is 1. The topological polar surface area (TPSA) is 28.2 Å². The van der Waals surface area contributed by atoms with Crippen molar-refractivity contribution >= 4 is 0 Å². The maximum Gasteiger partial charge on any atom is 0.0461 e. The van der Waals surface area contributed by atoms with Crippen LogP contribution in [0.2, 0.25) is 0 Å². The van der Waals surface area contributed by atoms with Gasteiger partial charge in [-0.2, -0.15) is 0 Å². The molecule has 0 radical (unpaired) electrons. The van der Waals surface area contributed by atoms with Crippen LogP contribution < -0.4 is 5.32 Å². The summed E-state index contributed by atoms with van der Waals surface area (Å²) in [6, 6.07) is 2.27. The molecule has 0 aromatic carbocycles. The molecule has 0 fully saturated rings. The van der Waals surface area contributed by atoms with Crippen LogP contribution in [0.3, 0.4) is 0 Å². The number of aryl methyl sites for hydroxylation is 1. The lowest BCUT2D eigenvalue weighted by molar-refractivity contribution is 0.254. The Morgan fingerprint density at radius 1 is 1.53 bits per heavy atom. The SMILES string of the molecule is CNCCN1CCc2ncc(C)cc2C1. The van der Waals surface area contributed by atoms with Gasteiger partial charge in [0.15, 0.2) is 0 Å². The minimum Gasteiger partial charge on any atom is -0.318 e. The van der Waals surface area contributed by atoms with Crippen molar-refractivity contribution in [2.24, 2.45) is 0 Å². The summed E-state index contributed by atoms with van der Waals surface area (Å²) in [5.74, 6) is 0. The van der Waals surface area contributed by atoms with Crippen LogP contribution in [-0.2, 0) is 13.0 Å². The number of nitrogens with zero attached hydrogens (tertiary/aromatic N) is 2.